The zero-order valence-corrected chi connectivity index (χ0v) is 15.8. The summed E-state index contributed by atoms with van der Waals surface area (Å²) in [5, 5.41) is 0.752. The summed E-state index contributed by atoms with van der Waals surface area (Å²) in [7, 11) is 0. The Balaban J connectivity index is 1.25. The SMILES string of the molecule is O=C(c1cc2ccccc2oc1=O)N1CC[NH+](Cc2ccc3c(c2)OCO3)CC1. The molecule has 2 aliphatic heterocycles. The third-order valence-corrected chi connectivity index (χ3v) is 5.52. The molecule has 0 bridgehead atoms. The first kappa shape index (κ1) is 17.8. The second-order valence-corrected chi connectivity index (χ2v) is 7.39. The van der Waals surface area contributed by atoms with Crippen molar-refractivity contribution < 1.29 is 23.6 Å². The summed E-state index contributed by atoms with van der Waals surface area (Å²) in [5.41, 5.74) is 1.19. The fraction of sp³-hybridized carbons (Fsp3) is 0.273. The number of para-hydroxylation sites is 1. The minimum Gasteiger partial charge on any atom is -0.454 e. The zero-order chi connectivity index (χ0) is 19.8. The molecule has 1 aromatic heterocycles. The summed E-state index contributed by atoms with van der Waals surface area (Å²) >= 11 is 0. The highest BCUT2D eigenvalue weighted by Gasteiger charge is 2.27. The van der Waals surface area contributed by atoms with Gasteiger partial charge in [-0.15, -0.1) is 0 Å². The van der Waals surface area contributed by atoms with Crippen LogP contribution in [0, 0.1) is 0 Å². The fourth-order valence-electron chi connectivity index (χ4n) is 3.92. The number of carbonyl (C=O) groups excluding carboxylic acids is 1. The predicted octanol–water partition coefficient (Wildman–Crippen LogP) is 1.06. The zero-order valence-electron chi connectivity index (χ0n) is 15.8. The molecule has 0 aliphatic carbocycles. The lowest BCUT2D eigenvalue weighted by Crippen LogP contribution is -3.13. The topological polar surface area (TPSA) is 73.4 Å². The molecular formula is C22H21N2O5+. The number of quaternary nitrogens is 1. The van der Waals surface area contributed by atoms with Crippen molar-refractivity contribution in [3.8, 4) is 11.5 Å². The average molecular weight is 393 g/mol. The van der Waals surface area contributed by atoms with Gasteiger partial charge in [0.25, 0.3) is 5.91 Å². The van der Waals surface area contributed by atoms with Crippen LogP contribution in [0.4, 0.5) is 0 Å². The Morgan fingerprint density at radius 3 is 2.66 bits per heavy atom. The van der Waals surface area contributed by atoms with Gasteiger partial charge in [0.2, 0.25) is 6.79 Å². The number of fused-ring (bicyclic) bond motifs is 2. The monoisotopic (exact) mass is 393 g/mol. The second-order valence-electron chi connectivity index (χ2n) is 7.39. The lowest BCUT2D eigenvalue weighted by molar-refractivity contribution is -0.917. The third kappa shape index (κ3) is 3.45. The Morgan fingerprint density at radius 2 is 1.79 bits per heavy atom. The summed E-state index contributed by atoms with van der Waals surface area (Å²) in [4.78, 5) is 28.3. The van der Waals surface area contributed by atoms with Crippen LogP contribution in [-0.4, -0.2) is 43.8 Å². The first-order chi connectivity index (χ1) is 14.2. The Bertz CT molecular complexity index is 1130. The molecule has 2 aliphatic rings. The minimum absolute atomic E-state index is 0.0999. The standard InChI is InChI=1S/C22H20N2O5/c25-21(17-12-16-3-1-2-4-18(16)29-22(17)26)24-9-7-23(8-10-24)13-15-5-6-19-20(11-15)28-14-27-19/h1-6,11-12H,7-10,13-14H2/p+1. The predicted molar refractivity (Wildman–Crippen MR) is 105 cm³/mol. The van der Waals surface area contributed by atoms with E-state index in [0.717, 1.165) is 36.5 Å². The van der Waals surface area contributed by atoms with Crippen molar-refractivity contribution in [2.75, 3.05) is 33.0 Å². The number of nitrogens with zero attached hydrogens (tertiary/aromatic N) is 1. The van der Waals surface area contributed by atoms with Gasteiger partial charge in [-0.2, -0.15) is 0 Å². The lowest BCUT2D eigenvalue weighted by atomic mass is 10.1. The number of carbonyl (C=O) groups is 1. The molecule has 0 saturated carbocycles. The lowest BCUT2D eigenvalue weighted by Gasteiger charge is -2.32. The van der Waals surface area contributed by atoms with Crippen LogP contribution in [0.5, 0.6) is 11.5 Å². The first-order valence-corrected chi connectivity index (χ1v) is 9.72. The molecule has 148 valence electrons. The molecule has 5 rings (SSSR count). The molecule has 3 heterocycles. The first-order valence-electron chi connectivity index (χ1n) is 9.72. The molecule has 3 aromatic rings. The minimum atomic E-state index is -0.580. The molecule has 0 unspecified atom stereocenters. The van der Waals surface area contributed by atoms with Gasteiger partial charge in [-0.3, -0.25) is 4.79 Å². The van der Waals surface area contributed by atoms with E-state index in [4.69, 9.17) is 13.9 Å². The van der Waals surface area contributed by atoms with E-state index >= 15 is 0 Å². The number of hydrogen-bond acceptors (Lipinski definition) is 5. The van der Waals surface area contributed by atoms with Crippen molar-refractivity contribution in [2.45, 2.75) is 6.54 Å². The van der Waals surface area contributed by atoms with Gasteiger partial charge in [-0.25, -0.2) is 4.79 Å². The largest absolute Gasteiger partial charge is 0.454 e. The Kier molecular flexibility index (Phi) is 4.44. The number of rotatable bonds is 3. The maximum absolute atomic E-state index is 12.9. The van der Waals surface area contributed by atoms with Gasteiger partial charge in [-0.1, -0.05) is 18.2 Å². The van der Waals surface area contributed by atoms with E-state index in [1.54, 1.807) is 23.1 Å². The molecule has 2 aromatic carbocycles. The number of hydrogen-bond donors (Lipinski definition) is 1. The number of nitrogens with one attached hydrogen (secondary N) is 1. The molecule has 1 N–H and O–H groups in total. The highest BCUT2D eigenvalue weighted by atomic mass is 16.7. The Morgan fingerprint density at radius 1 is 1.00 bits per heavy atom. The van der Waals surface area contributed by atoms with Crippen molar-refractivity contribution in [3.63, 3.8) is 0 Å². The molecular weight excluding hydrogens is 372 g/mol. The number of piperazine rings is 1. The molecule has 1 amide bonds. The van der Waals surface area contributed by atoms with Crippen molar-refractivity contribution in [1.29, 1.82) is 0 Å². The van der Waals surface area contributed by atoms with Crippen molar-refractivity contribution in [2.24, 2.45) is 0 Å². The smallest absolute Gasteiger partial charge is 0.349 e. The van der Waals surface area contributed by atoms with Gasteiger partial charge < -0.3 is 23.7 Å². The normalized spacial score (nSPS) is 16.3. The molecule has 0 spiro atoms. The van der Waals surface area contributed by atoms with Gasteiger partial charge in [0.1, 0.15) is 17.7 Å². The maximum atomic E-state index is 12.9. The van der Waals surface area contributed by atoms with Crippen LogP contribution in [-0.2, 0) is 6.54 Å². The molecule has 7 nitrogen and oxygen atoms in total. The van der Waals surface area contributed by atoms with Gasteiger partial charge >= 0.3 is 5.63 Å². The summed E-state index contributed by atoms with van der Waals surface area (Å²) in [6.45, 7) is 3.97. The van der Waals surface area contributed by atoms with Crippen LogP contribution in [0.25, 0.3) is 11.0 Å². The molecule has 29 heavy (non-hydrogen) atoms. The summed E-state index contributed by atoms with van der Waals surface area (Å²) in [6, 6.07) is 14.9. The highest BCUT2D eigenvalue weighted by Crippen LogP contribution is 2.32. The van der Waals surface area contributed by atoms with Crippen LogP contribution in [0.1, 0.15) is 15.9 Å². The van der Waals surface area contributed by atoms with E-state index < -0.39 is 5.63 Å². The van der Waals surface area contributed by atoms with Crippen LogP contribution in [0.15, 0.2) is 57.7 Å². The molecule has 7 heteroatoms. The highest BCUT2D eigenvalue weighted by molar-refractivity contribution is 5.96. The van der Waals surface area contributed by atoms with Gasteiger partial charge in [0, 0.05) is 10.9 Å². The molecule has 1 fully saturated rings. The van der Waals surface area contributed by atoms with E-state index in [1.807, 2.05) is 24.3 Å². The van der Waals surface area contributed by atoms with Crippen LogP contribution in [0.2, 0.25) is 0 Å². The van der Waals surface area contributed by atoms with Gasteiger partial charge in [0.05, 0.1) is 26.2 Å². The fourth-order valence-corrected chi connectivity index (χ4v) is 3.92. The summed E-state index contributed by atoms with van der Waals surface area (Å²) in [5.74, 6) is 1.32. The van der Waals surface area contributed by atoms with Crippen molar-refractivity contribution in [3.05, 3.63) is 70.1 Å². The van der Waals surface area contributed by atoms with Crippen LogP contribution in [0.3, 0.4) is 0 Å². The van der Waals surface area contributed by atoms with Gasteiger partial charge in [-0.05, 0) is 30.3 Å². The van der Waals surface area contributed by atoms with E-state index in [0.29, 0.717) is 18.7 Å². The molecule has 1 saturated heterocycles. The van der Waals surface area contributed by atoms with Crippen LogP contribution < -0.4 is 20.0 Å². The van der Waals surface area contributed by atoms with Crippen molar-refractivity contribution >= 4 is 16.9 Å². The quantitative estimate of drug-likeness (QED) is 0.674. The summed E-state index contributed by atoms with van der Waals surface area (Å²) < 4.78 is 16.1. The molecule has 0 atom stereocenters. The Labute approximate surface area is 167 Å². The second kappa shape index (κ2) is 7.25. The van der Waals surface area contributed by atoms with E-state index in [1.165, 1.54) is 10.5 Å². The van der Waals surface area contributed by atoms with Crippen LogP contribution >= 0.6 is 0 Å². The maximum Gasteiger partial charge on any atom is 0.349 e. The number of benzene rings is 2. The van der Waals surface area contributed by atoms with Crippen molar-refractivity contribution in [1.82, 2.24) is 4.90 Å². The number of ether oxygens (including phenoxy) is 2. The average Bonchev–Trinajstić information content (AvgIpc) is 3.21. The van der Waals surface area contributed by atoms with Gasteiger partial charge in [0.15, 0.2) is 11.5 Å². The Hall–Kier alpha value is -3.32. The van der Waals surface area contributed by atoms with E-state index in [-0.39, 0.29) is 18.3 Å². The number of amides is 1. The third-order valence-electron chi connectivity index (χ3n) is 5.52. The van der Waals surface area contributed by atoms with E-state index in [2.05, 4.69) is 6.07 Å². The molecule has 0 radical (unpaired) electrons. The summed E-state index contributed by atoms with van der Waals surface area (Å²) in [6.07, 6.45) is 0. The van der Waals surface area contributed by atoms with E-state index in [9.17, 15) is 9.59 Å².